The number of carbonyl (C=O) groups is 2. The first-order chi connectivity index (χ1) is 16.0. The van der Waals surface area contributed by atoms with E-state index in [4.69, 9.17) is 9.47 Å². The Balaban J connectivity index is 1.66. The number of rotatable bonds is 4. The lowest BCUT2D eigenvalue weighted by molar-refractivity contribution is -0.132. The quantitative estimate of drug-likeness (QED) is 0.345. The van der Waals surface area contributed by atoms with E-state index in [9.17, 15) is 14.7 Å². The van der Waals surface area contributed by atoms with Gasteiger partial charge < -0.3 is 14.6 Å². The number of fused-ring (bicyclic) bond motifs is 1. The van der Waals surface area contributed by atoms with Crippen molar-refractivity contribution in [1.82, 2.24) is 4.98 Å². The Kier molecular flexibility index (Phi) is 5.38. The molecule has 7 nitrogen and oxygen atoms in total. The highest BCUT2D eigenvalue weighted by Gasteiger charge is 2.48. The van der Waals surface area contributed by atoms with Crippen LogP contribution in [-0.2, 0) is 9.59 Å². The molecule has 3 heterocycles. The van der Waals surface area contributed by atoms with Crippen LogP contribution in [0.1, 0.15) is 42.5 Å². The normalized spacial score (nSPS) is 19.4. The van der Waals surface area contributed by atoms with Gasteiger partial charge in [0.15, 0.2) is 16.6 Å². The van der Waals surface area contributed by atoms with Crippen LogP contribution in [0.15, 0.2) is 59.6 Å². The summed E-state index contributed by atoms with van der Waals surface area (Å²) in [7, 11) is 0. The summed E-state index contributed by atoms with van der Waals surface area (Å²) in [4.78, 5) is 31.9. The number of hydrogen-bond acceptors (Lipinski definition) is 7. The summed E-state index contributed by atoms with van der Waals surface area (Å²) in [6.07, 6.45) is 1.58. The number of hydrogen-bond donors (Lipinski definition) is 1. The molecular weight excluding hydrogens is 440 g/mol. The van der Waals surface area contributed by atoms with E-state index in [-0.39, 0.29) is 11.3 Å². The van der Waals surface area contributed by atoms with Crippen LogP contribution in [0.2, 0.25) is 0 Å². The molecule has 1 amide bonds. The van der Waals surface area contributed by atoms with Gasteiger partial charge in [-0.15, -0.1) is 11.3 Å². The molecule has 1 atom stereocenters. The van der Waals surface area contributed by atoms with Crippen LogP contribution in [0.4, 0.5) is 5.13 Å². The van der Waals surface area contributed by atoms with E-state index >= 15 is 0 Å². The minimum Gasteiger partial charge on any atom is -0.507 e. The standard InChI is InChI=1S/C25H22N2O5S/c1-14(2)15-3-5-16(6-4-15)21-20(23(29)24(30)27(21)25-26-9-12-33-25)22(28)17-7-8-18-19(13-17)32-11-10-31-18/h3-9,12-14,21,28H,10-11H2,1-2H3/b22-20+/t21-/m1/s1. The van der Waals surface area contributed by atoms with E-state index in [2.05, 4.69) is 18.8 Å². The lowest BCUT2D eigenvalue weighted by atomic mass is 9.93. The van der Waals surface area contributed by atoms with Gasteiger partial charge in [-0.2, -0.15) is 0 Å². The third kappa shape index (κ3) is 3.66. The van der Waals surface area contributed by atoms with Crippen LogP contribution in [-0.4, -0.2) is 35.0 Å². The Morgan fingerprint density at radius 1 is 1.09 bits per heavy atom. The second-order valence-corrected chi connectivity index (χ2v) is 9.04. The molecule has 5 rings (SSSR count). The van der Waals surface area contributed by atoms with Crippen molar-refractivity contribution >= 4 is 33.9 Å². The number of benzene rings is 2. The average Bonchev–Trinajstić information content (AvgIpc) is 3.45. The molecule has 1 N–H and O–H groups in total. The number of ether oxygens (including phenoxy) is 2. The summed E-state index contributed by atoms with van der Waals surface area (Å²) < 4.78 is 11.2. The van der Waals surface area contributed by atoms with E-state index in [0.717, 1.165) is 5.56 Å². The molecule has 0 unspecified atom stereocenters. The third-order valence-electron chi connectivity index (χ3n) is 5.80. The Hall–Kier alpha value is -3.65. The average molecular weight is 463 g/mol. The summed E-state index contributed by atoms with van der Waals surface area (Å²) in [5.41, 5.74) is 2.24. The SMILES string of the molecule is CC(C)c1ccc([C@@H]2/C(=C(\O)c3ccc4c(c3)OCCO4)C(=O)C(=O)N2c2nccs2)cc1. The third-order valence-corrected chi connectivity index (χ3v) is 6.57. The molecule has 1 saturated heterocycles. The molecule has 2 aliphatic heterocycles. The van der Waals surface area contributed by atoms with Crippen LogP contribution < -0.4 is 14.4 Å². The smallest absolute Gasteiger partial charge is 0.301 e. The van der Waals surface area contributed by atoms with Gasteiger partial charge in [0.2, 0.25) is 0 Å². The molecule has 2 aromatic carbocycles. The Labute approximate surface area is 194 Å². The van der Waals surface area contributed by atoms with Gasteiger partial charge in [0.25, 0.3) is 5.78 Å². The zero-order valence-corrected chi connectivity index (χ0v) is 19.0. The van der Waals surface area contributed by atoms with Crippen LogP contribution in [0.5, 0.6) is 11.5 Å². The van der Waals surface area contributed by atoms with Gasteiger partial charge in [-0.3, -0.25) is 14.5 Å². The molecule has 0 saturated carbocycles. The first kappa shape index (κ1) is 21.2. The molecule has 0 bridgehead atoms. The maximum Gasteiger partial charge on any atom is 0.301 e. The van der Waals surface area contributed by atoms with Crippen molar-refractivity contribution in [2.24, 2.45) is 0 Å². The van der Waals surface area contributed by atoms with Crippen molar-refractivity contribution in [3.8, 4) is 11.5 Å². The first-order valence-electron chi connectivity index (χ1n) is 10.7. The molecule has 2 aliphatic rings. The van der Waals surface area contributed by atoms with Crippen molar-refractivity contribution in [1.29, 1.82) is 0 Å². The molecule has 33 heavy (non-hydrogen) atoms. The molecule has 8 heteroatoms. The highest BCUT2D eigenvalue weighted by Crippen LogP contribution is 2.43. The maximum atomic E-state index is 13.2. The number of Topliss-reactive ketones (excluding diaryl/α,β-unsaturated/α-hetero) is 1. The zero-order valence-electron chi connectivity index (χ0n) is 18.1. The van der Waals surface area contributed by atoms with E-state index in [1.54, 1.807) is 29.8 Å². The fourth-order valence-electron chi connectivity index (χ4n) is 4.09. The number of aromatic nitrogens is 1. The van der Waals surface area contributed by atoms with Crippen LogP contribution in [0.3, 0.4) is 0 Å². The summed E-state index contributed by atoms with van der Waals surface area (Å²) >= 11 is 1.26. The number of nitrogens with zero attached hydrogens (tertiary/aromatic N) is 2. The number of amides is 1. The van der Waals surface area contributed by atoms with Crippen molar-refractivity contribution in [2.45, 2.75) is 25.8 Å². The number of anilines is 1. The second-order valence-electron chi connectivity index (χ2n) is 8.16. The Morgan fingerprint density at radius 3 is 2.48 bits per heavy atom. The number of aliphatic hydroxyl groups excluding tert-OH is 1. The summed E-state index contributed by atoms with van der Waals surface area (Å²) in [5.74, 6) is -0.346. The molecule has 1 fully saturated rings. The maximum absolute atomic E-state index is 13.2. The van der Waals surface area contributed by atoms with Gasteiger partial charge in [0.05, 0.1) is 11.6 Å². The topological polar surface area (TPSA) is 89.0 Å². The zero-order chi connectivity index (χ0) is 23.1. The fraction of sp³-hybridized carbons (Fsp3) is 0.240. The van der Waals surface area contributed by atoms with E-state index in [0.29, 0.717) is 46.9 Å². The van der Waals surface area contributed by atoms with E-state index in [1.807, 2.05) is 24.3 Å². The molecule has 1 aromatic heterocycles. The summed E-state index contributed by atoms with van der Waals surface area (Å²) in [5, 5.41) is 13.4. The van der Waals surface area contributed by atoms with E-state index in [1.165, 1.54) is 16.2 Å². The van der Waals surface area contributed by atoms with Crippen LogP contribution >= 0.6 is 11.3 Å². The van der Waals surface area contributed by atoms with Crippen LogP contribution in [0, 0.1) is 0 Å². The molecule has 3 aromatic rings. The fourth-order valence-corrected chi connectivity index (χ4v) is 4.76. The largest absolute Gasteiger partial charge is 0.507 e. The number of carbonyl (C=O) groups excluding carboxylic acids is 2. The summed E-state index contributed by atoms with van der Waals surface area (Å²) in [6, 6.07) is 11.9. The van der Waals surface area contributed by atoms with Gasteiger partial charge in [0, 0.05) is 17.1 Å². The van der Waals surface area contributed by atoms with Crippen LogP contribution in [0.25, 0.3) is 5.76 Å². The number of ketones is 1. The highest BCUT2D eigenvalue weighted by molar-refractivity contribution is 7.14. The first-order valence-corrected chi connectivity index (χ1v) is 11.5. The predicted octanol–water partition coefficient (Wildman–Crippen LogP) is 4.66. The second kappa shape index (κ2) is 8.37. The van der Waals surface area contributed by atoms with Gasteiger partial charge in [-0.25, -0.2) is 4.98 Å². The number of aliphatic hydroxyl groups is 1. The minimum atomic E-state index is -0.800. The van der Waals surface area contributed by atoms with E-state index < -0.39 is 17.7 Å². The van der Waals surface area contributed by atoms with Gasteiger partial charge >= 0.3 is 5.91 Å². The van der Waals surface area contributed by atoms with Crippen molar-refractivity contribution < 1.29 is 24.2 Å². The van der Waals surface area contributed by atoms with Gasteiger partial charge in [-0.1, -0.05) is 38.1 Å². The monoisotopic (exact) mass is 462 g/mol. The molecule has 0 spiro atoms. The lowest BCUT2D eigenvalue weighted by Gasteiger charge is -2.23. The Morgan fingerprint density at radius 2 is 1.82 bits per heavy atom. The lowest BCUT2D eigenvalue weighted by Crippen LogP contribution is -2.29. The summed E-state index contributed by atoms with van der Waals surface area (Å²) in [6.45, 7) is 5.04. The van der Waals surface area contributed by atoms with Crippen molar-refractivity contribution in [2.75, 3.05) is 18.1 Å². The molecule has 168 valence electrons. The molecular formula is C25H22N2O5S. The Bertz CT molecular complexity index is 1250. The van der Waals surface area contributed by atoms with Crippen molar-refractivity contribution in [3.63, 3.8) is 0 Å². The highest BCUT2D eigenvalue weighted by atomic mass is 32.1. The van der Waals surface area contributed by atoms with Crippen molar-refractivity contribution in [3.05, 3.63) is 76.3 Å². The van der Waals surface area contributed by atoms with Gasteiger partial charge in [-0.05, 0) is 35.2 Å². The predicted molar refractivity (Wildman–Crippen MR) is 125 cm³/mol. The minimum absolute atomic E-state index is 0.0178. The van der Waals surface area contributed by atoms with Gasteiger partial charge in [0.1, 0.15) is 19.0 Å². The molecule has 0 aliphatic carbocycles. The number of thiazole rings is 1. The molecule has 0 radical (unpaired) electrons.